The second kappa shape index (κ2) is 8.49. The van der Waals surface area contributed by atoms with Crippen LogP contribution in [0.15, 0.2) is 24.3 Å². The van der Waals surface area contributed by atoms with E-state index in [0.717, 1.165) is 57.6 Å². The summed E-state index contributed by atoms with van der Waals surface area (Å²) in [7, 11) is 0. The summed E-state index contributed by atoms with van der Waals surface area (Å²) >= 11 is 0. The van der Waals surface area contributed by atoms with Crippen molar-refractivity contribution in [3.63, 3.8) is 0 Å². The molecule has 2 aliphatic rings. The van der Waals surface area contributed by atoms with Gasteiger partial charge in [0.15, 0.2) is 0 Å². The van der Waals surface area contributed by atoms with Gasteiger partial charge in [0.25, 0.3) is 0 Å². The molecule has 1 atom stereocenters. The van der Waals surface area contributed by atoms with Crippen molar-refractivity contribution in [3.05, 3.63) is 35.6 Å². The Bertz CT molecular complexity index is 591. The molecule has 1 N–H and O–H groups in total. The van der Waals surface area contributed by atoms with Crippen molar-refractivity contribution < 1.29 is 13.9 Å². The van der Waals surface area contributed by atoms with Crippen LogP contribution in [0, 0.1) is 11.7 Å². The molecular formula is C21H31FN2O2. The summed E-state index contributed by atoms with van der Waals surface area (Å²) in [5.41, 5.74) is 0.485. The van der Waals surface area contributed by atoms with E-state index >= 15 is 0 Å². The Hall–Kier alpha value is -1.46. The highest BCUT2D eigenvalue weighted by molar-refractivity contribution is 5.91. The highest BCUT2D eigenvalue weighted by Crippen LogP contribution is 2.48. The molecule has 0 aromatic heterocycles. The number of morpholine rings is 1. The number of hydrogen-bond donors (Lipinski definition) is 1. The van der Waals surface area contributed by atoms with Gasteiger partial charge in [0.05, 0.1) is 18.6 Å². The summed E-state index contributed by atoms with van der Waals surface area (Å²) in [4.78, 5) is 15.4. The van der Waals surface area contributed by atoms with E-state index in [9.17, 15) is 9.18 Å². The number of ether oxygens (including phenoxy) is 1. The molecule has 1 saturated heterocycles. The fraction of sp³-hybridized carbons (Fsp3) is 0.667. The maximum Gasteiger partial charge on any atom is 0.230 e. The maximum atomic E-state index is 13.2. The smallest absolute Gasteiger partial charge is 0.230 e. The van der Waals surface area contributed by atoms with Crippen LogP contribution in [0.3, 0.4) is 0 Å². The number of hydrogen-bond acceptors (Lipinski definition) is 3. The van der Waals surface area contributed by atoms with E-state index < -0.39 is 5.41 Å². The van der Waals surface area contributed by atoms with Gasteiger partial charge in [-0.1, -0.05) is 38.8 Å². The lowest BCUT2D eigenvalue weighted by molar-refractivity contribution is -0.124. The van der Waals surface area contributed by atoms with Crippen LogP contribution in [0.1, 0.15) is 45.1 Å². The zero-order valence-electron chi connectivity index (χ0n) is 16.0. The molecule has 5 heteroatoms. The number of halogens is 1. The lowest BCUT2D eigenvalue weighted by Gasteiger charge is -2.39. The summed E-state index contributed by atoms with van der Waals surface area (Å²) < 4.78 is 18.7. The van der Waals surface area contributed by atoms with Crippen LogP contribution in [0.5, 0.6) is 0 Å². The van der Waals surface area contributed by atoms with Crippen molar-refractivity contribution >= 4 is 5.91 Å². The summed E-state index contributed by atoms with van der Waals surface area (Å²) in [6.45, 7) is 8.53. The van der Waals surface area contributed by atoms with Crippen molar-refractivity contribution in [1.29, 1.82) is 0 Å². The minimum atomic E-state index is -0.447. The molecule has 26 heavy (non-hydrogen) atoms. The van der Waals surface area contributed by atoms with Gasteiger partial charge in [0.1, 0.15) is 5.82 Å². The SMILES string of the molecule is CCC(CC)C(CNC(=O)C1(c2ccc(F)cc2)CC1)N1CCOCC1. The quantitative estimate of drug-likeness (QED) is 0.773. The average molecular weight is 362 g/mol. The van der Waals surface area contributed by atoms with Crippen LogP contribution >= 0.6 is 0 Å². The number of amides is 1. The normalized spacial score (nSPS) is 20.8. The van der Waals surface area contributed by atoms with Gasteiger partial charge >= 0.3 is 0 Å². The molecular weight excluding hydrogens is 331 g/mol. The van der Waals surface area contributed by atoms with Crippen LogP contribution in [0.25, 0.3) is 0 Å². The molecule has 1 aliphatic carbocycles. The standard InChI is InChI=1S/C21H31FN2O2/c1-3-16(4-2)19(24-11-13-26-14-12-24)15-23-20(25)21(9-10-21)17-5-7-18(22)8-6-17/h5-8,16,19H,3-4,9-15H2,1-2H3,(H,23,25). The van der Waals surface area contributed by atoms with Gasteiger partial charge < -0.3 is 10.1 Å². The molecule has 1 aromatic carbocycles. The Morgan fingerprint density at radius 1 is 1.19 bits per heavy atom. The average Bonchev–Trinajstić information content (AvgIpc) is 3.48. The molecule has 0 radical (unpaired) electrons. The van der Waals surface area contributed by atoms with Gasteiger partial charge in [-0.25, -0.2) is 4.39 Å². The molecule has 1 heterocycles. The van der Waals surface area contributed by atoms with Gasteiger partial charge in [0, 0.05) is 25.7 Å². The fourth-order valence-electron chi connectivity index (χ4n) is 4.24. The van der Waals surface area contributed by atoms with Crippen LogP contribution < -0.4 is 5.32 Å². The first-order chi connectivity index (χ1) is 12.6. The van der Waals surface area contributed by atoms with Crippen molar-refractivity contribution in [1.82, 2.24) is 10.2 Å². The van der Waals surface area contributed by atoms with Crippen LogP contribution in [0.4, 0.5) is 4.39 Å². The second-order valence-corrected chi connectivity index (χ2v) is 7.59. The lowest BCUT2D eigenvalue weighted by Crippen LogP contribution is -2.53. The zero-order valence-corrected chi connectivity index (χ0v) is 16.0. The Kier molecular flexibility index (Phi) is 6.30. The first-order valence-corrected chi connectivity index (χ1v) is 9.97. The predicted octanol–water partition coefficient (Wildman–Crippen LogP) is 3.11. The van der Waals surface area contributed by atoms with Gasteiger partial charge in [-0.2, -0.15) is 0 Å². The Labute approximate surface area is 156 Å². The number of carbonyl (C=O) groups excluding carboxylic acids is 1. The highest BCUT2D eigenvalue weighted by Gasteiger charge is 2.51. The lowest BCUT2D eigenvalue weighted by atomic mass is 9.91. The van der Waals surface area contributed by atoms with E-state index in [4.69, 9.17) is 4.74 Å². The Morgan fingerprint density at radius 2 is 1.81 bits per heavy atom. The second-order valence-electron chi connectivity index (χ2n) is 7.59. The van der Waals surface area contributed by atoms with Gasteiger partial charge in [0.2, 0.25) is 5.91 Å². The van der Waals surface area contributed by atoms with Crippen LogP contribution in [-0.2, 0) is 14.9 Å². The zero-order chi connectivity index (χ0) is 18.6. The topological polar surface area (TPSA) is 41.6 Å². The number of nitrogens with one attached hydrogen (secondary N) is 1. The van der Waals surface area contributed by atoms with Crippen molar-refractivity contribution in [3.8, 4) is 0 Å². The number of carbonyl (C=O) groups is 1. The summed E-state index contributed by atoms with van der Waals surface area (Å²) in [6, 6.07) is 6.75. The molecule has 144 valence electrons. The first kappa shape index (κ1) is 19.3. The molecule has 1 aromatic rings. The number of nitrogens with zero attached hydrogens (tertiary/aromatic N) is 1. The molecule has 3 rings (SSSR count). The summed E-state index contributed by atoms with van der Waals surface area (Å²) in [6.07, 6.45) is 3.91. The highest BCUT2D eigenvalue weighted by atomic mass is 19.1. The minimum absolute atomic E-state index is 0.0910. The van der Waals surface area contributed by atoms with E-state index in [1.54, 1.807) is 12.1 Å². The van der Waals surface area contributed by atoms with Crippen molar-refractivity contribution in [2.45, 2.75) is 51.0 Å². The van der Waals surface area contributed by atoms with E-state index in [0.29, 0.717) is 18.5 Å². The van der Waals surface area contributed by atoms with Gasteiger partial charge in [-0.15, -0.1) is 0 Å². The largest absolute Gasteiger partial charge is 0.379 e. The van der Waals surface area contributed by atoms with Gasteiger partial charge in [-0.05, 0) is 36.5 Å². The van der Waals surface area contributed by atoms with Crippen LogP contribution in [-0.4, -0.2) is 49.7 Å². The minimum Gasteiger partial charge on any atom is -0.379 e. The Morgan fingerprint density at radius 3 is 2.35 bits per heavy atom. The first-order valence-electron chi connectivity index (χ1n) is 9.97. The summed E-state index contributed by atoms with van der Waals surface area (Å²) in [5.74, 6) is 0.397. The fourth-order valence-corrected chi connectivity index (χ4v) is 4.24. The van der Waals surface area contributed by atoms with Crippen molar-refractivity contribution in [2.75, 3.05) is 32.8 Å². The Balaban J connectivity index is 1.66. The maximum absolute atomic E-state index is 13.2. The molecule has 1 amide bonds. The van der Waals surface area contributed by atoms with Crippen LogP contribution in [0.2, 0.25) is 0 Å². The molecule has 1 saturated carbocycles. The van der Waals surface area contributed by atoms with E-state index in [1.165, 1.54) is 12.1 Å². The van der Waals surface area contributed by atoms with Crippen molar-refractivity contribution in [2.24, 2.45) is 5.92 Å². The third-order valence-corrected chi connectivity index (χ3v) is 6.16. The molecule has 4 nitrogen and oxygen atoms in total. The number of rotatable bonds is 8. The van der Waals surface area contributed by atoms with Gasteiger partial charge in [-0.3, -0.25) is 9.69 Å². The molecule has 1 aliphatic heterocycles. The molecule has 1 unspecified atom stereocenters. The van der Waals surface area contributed by atoms with E-state index in [-0.39, 0.29) is 11.7 Å². The predicted molar refractivity (Wildman–Crippen MR) is 101 cm³/mol. The molecule has 0 spiro atoms. The third kappa shape index (κ3) is 4.09. The third-order valence-electron chi connectivity index (χ3n) is 6.16. The van der Waals surface area contributed by atoms with E-state index in [2.05, 4.69) is 24.1 Å². The number of benzene rings is 1. The van der Waals surface area contributed by atoms with E-state index in [1.807, 2.05) is 0 Å². The molecule has 2 fully saturated rings. The molecule has 0 bridgehead atoms. The summed E-state index contributed by atoms with van der Waals surface area (Å²) in [5, 5.41) is 3.23. The monoisotopic (exact) mass is 362 g/mol.